The second-order valence-corrected chi connectivity index (χ2v) is 6.00. The molecular formula is C17H14ClNO3S. The summed E-state index contributed by atoms with van der Waals surface area (Å²) in [5, 5.41) is 2.78. The zero-order valence-corrected chi connectivity index (χ0v) is 13.7. The van der Waals surface area contributed by atoms with Gasteiger partial charge in [0.05, 0.1) is 10.6 Å². The Morgan fingerprint density at radius 1 is 1.04 bits per heavy atom. The molecule has 2 aromatic rings. The number of benzene rings is 2. The van der Waals surface area contributed by atoms with E-state index in [-0.39, 0.29) is 24.0 Å². The van der Waals surface area contributed by atoms with Crippen LogP contribution in [-0.4, -0.2) is 23.9 Å². The summed E-state index contributed by atoms with van der Waals surface area (Å²) in [6.45, 7) is 0.264. The molecule has 1 N–H and O–H groups in total. The first-order chi connectivity index (χ1) is 11.1. The predicted molar refractivity (Wildman–Crippen MR) is 91.1 cm³/mol. The third-order valence-electron chi connectivity index (χ3n) is 2.98. The summed E-state index contributed by atoms with van der Waals surface area (Å²) in [6.07, 6.45) is 0.988. The fraction of sp³-hybridized carbons (Fsp3) is 0.118. The quantitative estimate of drug-likeness (QED) is 0.492. The summed E-state index contributed by atoms with van der Waals surface area (Å²) >= 11 is 6.98. The number of hydrogen-bond acceptors (Lipinski definition) is 4. The molecule has 0 aliphatic rings. The monoisotopic (exact) mass is 347 g/mol. The van der Waals surface area contributed by atoms with Crippen molar-refractivity contribution in [1.29, 1.82) is 0 Å². The Bertz CT molecular complexity index is 733. The van der Waals surface area contributed by atoms with Crippen molar-refractivity contribution in [2.24, 2.45) is 0 Å². The van der Waals surface area contributed by atoms with Crippen LogP contribution in [0.2, 0.25) is 5.02 Å². The summed E-state index contributed by atoms with van der Waals surface area (Å²) in [6, 6.07) is 13.6. The van der Waals surface area contributed by atoms with E-state index >= 15 is 0 Å². The first-order valence-electron chi connectivity index (χ1n) is 6.91. The van der Waals surface area contributed by atoms with Gasteiger partial charge >= 0.3 is 0 Å². The van der Waals surface area contributed by atoms with Crippen LogP contribution in [0.15, 0.2) is 53.4 Å². The molecule has 0 unspecified atom stereocenters. The Morgan fingerprint density at radius 3 is 2.39 bits per heavy atom. The Kier molecular flexibility index (Phi) is 6.38. The van der Waals surface area contributed by atoms with Crippen LogP contribution in [0, 0.1) is 0 Å². The van der Waals surface area contributed by atoms with Gasteiger partial charge in [-0.2, -0.15) is 0 Å². The van der Waals surface area contributed by atoms with Crippen molar-refractivity contribution in [1.82, 2.24) is 5.32 Å². The molecule has 0 aliphatic heterocycles. The minimum atomic E-state index is -0.318. The third-order valence-corrected chi connectivity index (χ3v) is 4.29. The lowest BCUT2D eigenvalue weighted by Crippen LogP contribution is -2.25. The van der Waals surface area contributed by atoms with E-state index < -0.39 is 0 Å². The molecular weight excluding hydrogens is 334 g/mol. The van der Waals surface area contributed by atoms with Gasteiger partial charge < -0.3 is 10.1 Å². The van der Waals surface area contributed by atoms with Crippen LogP contribution >= 0.6 is 23.4 Å². The van der Waals surface area contributed by atoms with Gasteiger partial charge in [0, 0.05) is 23.4 Å². The average molecular weight is 348 g/mol. The third kappa shape index (κ3) is 4.68. The van der Waals surface area contributed by atoms with Gasteiger partial charge in [-0.1, -0.05) is 35.9 Å². The molecule has 23 heavy (non-hydrogen) atoms. The molecule has 0 fully saturated rings. The fourth-order valence-electron chi connectivity index (χ4n) is 1.86. The number of rotatable bonds is 6. The number of hydrogen-bond donors (Lipinski definition) is 1. The van der Waals surface area contributed by atoms with Gasteiger partial charge in [-0.05, 0) is 36.0 Å². The molecule has 0 radical (unpaired) electrons. The summed E-state index contributed by atoms with van der Waals surface area (Å²) in [5.41, 5.74) is 0.791. The second-order valence-electron chi connectivity index (χ2n) is 4.58. The number of thioether (sulfide) groups is 1. The summed E-state index contributed by atoms with van der Waals surface area (Å²) in [5.74, 6) is -0.318. The van der Waals surface area contributed by atoms with Crippen LogP contribution < -0.4 is 5.32 Å². The highest BCUT2D eigenvalue weighted by Gasteiger charge is 2.16. The van der Waals surface area contributed by atoms with Crippen LogP contribution in [0.4, 0.5) is 0 Å². The van der Waals surface area contributed by atoms with E-state index in [1.54, 1.807) is 48.5 Å². The maximum absolute atomic E-state index is 12.4. The highest BCUT2D eigenvalue weighted by molar-refractivity contribution is 8.14. The molecule has 0 aromatic heterocycles. The van der Waals surface area contributed by atoms with Crippen molar-refractivity contribution < 1.29 is 14.4 Å². The van der Waals surface area contributed by atoms with E-state index in [1.807, 2.05) is 0 Å². The molecule has 2 rings (SSSR count). The molecule has 4 nitrogen and oxygen atoms in total. The molecule has 0 aliphatic carbocycles. The molecule has 6 heteroatoms. The van der Waals surface area contributed by atoms with Gasteiger partial charge in [-0.25, -0.2) is 0 Å². The van der Waals surface area contributed by atoms with Gasteiger partial charge in [-0.15, -0.1) is 0 Å². The highest BCUT2D eigenvalue weighted by Crippen LogP contribution is 2.29. The Balaban J connectivity index is 2.17. The van der Waals surface area contributed by atoms with Gasteiger partial charge in [0.15, 0.2) is 0 Å². The smallest absolute Gasteiger partial charge is 0.252 e. The van der Waals surface area contributed by atoms with E-state index in [0.717, 1.165) is 18.0 Å². The zero-order valence-electron chi connectivity index (χ0n) is 12.1. The second kappa shape index (κ2) is 8.50. The largest absolute Gasteiger partial charge is 0.352 e. The normalized spacial score (nSPS) is 10.1. The van der Waals surface area contributed by atoms with Crippen molar-refractivity contribution in [3.8, 4) is 0 Å². The van der Waals surface area contributed by atoms with Crippen LogP contribution in [0.25, 0.3) is 0 Å². The molecule has 2 aromatic carbocycles. The molecule has 0 spiro atoms. The number of amides is 1. The first-order valence-corrected chi connectivity index (χ1v) is 8.10. The van der Waals surface area contributed by atoms with Crippen molar-refractivity contribution >= 4 is 40.7 Å². The van der Waals surface area contributed by atoms with Crippen LogP contribution in [0.1, 0.15) is 27.1 Å². The number of halogens is 1. The standard InChI is InChI=1S/C17H14ClNO3S/c18-14-8-3-1-6-12(14)17(22)23-15-9-4-2-7-13(15)16(21)19-10-5-11-20/h1-4,6-9,11H,5,10H2,(H,19,21). The van der Waals surface area contributed by atoms with E-state index in [9.17, 15) is 14.4 Å². The maximum Gasteiger partial charge on any atom is 0.252 e. The van der Waals surface area contributed by atoms with Crippen LogP contribution in [0.5, 0.6) is 0 Å². The van der Waals surface area contributed by atoms with E-state index in [0.29, 0.717) is 21.0 Å². The van der Waals surface area contributed by atoms with Crippen molar-refractivity contribution in [3.63, 3.8) is 0 Å². The molecule has 0 saturated heterocycles. The Labute approximate surface area is 143 Å². The minimum absolute atomic E-state index is 0.233. The van der Waals surface area contributed by atoms with Crippen molar-refractivity contribution in [2.75, 3.05) is 6.54 Å². The van der Waals surface area contributed by atoms with Crippen molar-refractivity contribution in [3.05, 3.63) is 64.7 Å². The fourth-order valence-corrected chi connectivity index (χ4v) is 3.05. The van der Waals surface area contributed by atoms with E-state index in [4.69, 9.17) is 11.6 Å². The van der Waals surface area contributed by atoms with Crippen LogP contribution in [-0.2, 0) is 4.79 Å². The molecule has 0 heterocycles. The molecule has 1 amide bonds. The van der Waals surface area contributed by atoms with E-state index in [2.05, 4.69) is 5.32 Å². The summed E-state index contributed by atoms with van der Waals surface area (Å²) in [4.78, 5) is 35.4. The first kappa shape index (κ1) is 17.2. The number of nitrogens with one attached hydrogen (secondary N) is 1. The van der Waals surface area contributed by atoms with Crippen molar-refractivity contribution in [2.45, 2.75) is 11.3 Å². The average Bonchev–Trinajstić information content (AvgIpc) is 2.55. The number of carbonyl (C=O) groups is 3. The van der Waals surface area contributed by atoms with Gasteiger partial charge in [0.25, 0.3) is 5.91 Å². The zero-order chi connectivity index (χ0) is 16.7. The maximum atomic E-state index is 12.4. The minimum Gasteiger partial charge on any atom is -0.352 e. The lowest BCUT2D eigenvalue weighted by molar-refractivity contribution is -0.107. The molecule has 0 saturated carbocycles. The highest BCUT2D eigenvalue weighted by atomic mass is 35.5. The van der Waals surface area contributed by atoms with Gasteiger partial charge in [-0.3, -0.25) is 9.59 Å². The molecule has 0 bridgehead atoms. The number of aldehydes is 1. The predicted octanol–water partition coefficient (Wildman–Crippen LogP) is 3.59. The molecule has 0 atom stereocenters. The topological polar surface area (TPSA) is 63.2 Å². The SMILES string of the molecule is O=CCCNC(=O)c1ccccc1SC(=O)c1ccccc1Cl. The lowest BCUT2D eigenvalue weighted by atomic mass is 10.2. The molecule has 118 valence electrons. The Hall–Kier alpha value is -2.11. The van der Waals surface area contributed by atoms with Gasteiger partial charge in [0.2, 0.25) is 5.12 Å². The summed E-state index contributed by atoms with van der Waals surface area (Å²) in [7, 11) is 0. The Morgan fingerprint density at radius 2 is 1.70 bits per heavy atom. The van der Waals surface area contributed by atoms with E-state index in [1.165, 1.54) is 0 Å². The lowest BCUT2D eigenvalue weighted by Gasteiger charge is -2.09. The van der Waals surface area contributed by atoms with Crippen LogP contribution in [0.3, 0.4) is 0 Å². The number of carbonyl (C=O) groups excluding carboxylic acids is 3. The summed E-state index contributed by atoms with van der Waals surface area (Å²) < 4.78 is 0. The van der Waals surface area contributed by atoms with Gasteiger partial charge in [0.1, 0.15) is 6.29 Å².